The van der Waals surface area contributed by atoms with Gasteiger partial charge in [0.2, 0.25) is 5.28 Å². The summed E-state index contributed by atoms with van der Waals surface area (Å²) >= 11 is 6.21. The number of aliphatic hydroxyl groups excluding tert-OH is 1. The molecule has 1 aliphatic heterocycles. The van der Waals surface area contributed by atoms with Crippen molar-refractivity contribution in [2.45, 2.75) is 19.6 Å². The van der Waals surface area contributed by atoms with Gasteiger partial charge in [-0.1, -0.05) is 0 Å². The van der Waals surface area contributed by atoms with E-state index < -0.39 is 0 Å². The first-order valence-electron chi connectivity index (χ1n) is 9.07. The molecule has 0 saturated carbocycles. The molecule has 0 radical (unpaired) electrons. The van der Waals surface area contributed by atoms with Gasteiger partial charge in [-0.15, -0.1) is 0 Å². The summed E-state index contributed by atoms with van der Waals surface area (Å²) in [6.07, 6.45) is 0. The molecule has 1 saturated heterocycles. The van der Waals surface area contributed by atoms with Crippen molar-refractivity contribution in [1.29, 1.82) is 0 Å². The van der Waals surface area contributed by atoms with Crippen molar-refractivity contribution in [3.05, 3.63) is 41.2 Å². The number of methoxy groups -OCH3 is 1. The van der Waals surface area contributed by atoms with E-state index in [4.69, 9.17) is 26.1 Å². The molecule has 8 heteroatoms. The van der Waals surface area contributed by atoms with E-state index in [1.165, 1.54) is 0 Å². The average Bonchev–Trinajstić information content (AvgIpc) is 2.72. The predicted molar refractivity (Wildman–Crippen MR) is 108 cm³/mol. The highest BCUT2D eigenvalue weighted by molar-refractivity contribution is 6.28. The van der Waals surface area contributed by atoms with Crippen LogP contribution in [0.5, 0.6) is 5.75 Å². The van der Waals surface area contributed by atoms with Crippen LogP contribution in [-0.2, 0) is 11.3 Å². The minimum Gasteiger partial charge on any atom is -0.496 e. The molecule has 1 atom stereocenters. The number of hydrogen-bond donors (Lipinski definition) is 1. The van der Waals surface area contributed by atoms with Gasteiger partial charge in [0.25, 0.3) is 0 Å². The fraction of sp³-hybridized carbons (Fsp3) is 0.350. The number of aromatic nitrogens is 3. The number of hydrogen-bond acceptors (Lipinski definition) is 7. The first-order valence-corrected chi connectivity index (χ1v) is 9.45. The van der Waals surface area contributed by atoms with E-state index in [-0.39, 0.29) is 17.9 Å². The summed E-state index contributed by atoms with van der Waals surface area (Å²) in [7, 11) is 1.58. The second-order valence-corrected chi connectivity index (χ2v) is 7.02. The quantitative estimate of drug-likeness (QED) is 0.674. The Hall–Kier alpha value is -2.48. The van der Waals surface area contributed by atoms with E-state index in [1.807, 2.05) is 30.3 Å². The molecule has 7 nitrogen and oxygen atoms in total. The average molecular weight is 401 g/mol. The molecule has 0 spiro atoms. The molecule has 3 aromatic rings. The fourth-order valence-corrected chi connectivity index (χ4v) is 3.61. The fourth-order valence-electron chi connectivity index (χ4n) is 3.45. The molecule has 1 unspecified atom stereocenters. The minimum absolute atomic E-state index is 0.113. The zero-order chi connectivity index (χ0) is 19.7. The molecule has 1 aliphatic rings. The SMILES string of the molecule is COc1ccc(-c2ccc3c(N4CCOCC4C)nc(Cl)nc3n2)cc1CO. The van der Waals surface area contributed by atoms with Crippen molar-refractivity contribution in [3.8, 4) is 17.0 Å². The molecule has 2 aromatic heterocycles. The molecule has 146 valence electrons. The molecule has 4 rings (SSSR count). The summed E-state index contributed by atoms with van der Waals surface area (Å²) in [5.41, 5.74) is 2.83. The van der Waals surface area contributed by atoms with Crippen molar-refractivity contribution >= 4 is 28.5 Å². The third kappa shape index (κ3) is 3.48. The van der Waals surface area contributed by atoms with E-state index in [9.17, 15) is 5.11 Å². The number of rotatable bonds is 4. The lowest BCUT2D eigenvalue weighted by atomic mass is 10.1. The van der Waals surface area contributed by atoms with Gasteiger partial charge in [0.1, 0.15) is 11.6 Å². The van der Waals surface area contributed by atoms with Crippen LogP contribution in [0.25, 0.3) is 22.3 Å². The Balaban J connectivity index is 1.80. The summed E-state index contributed by atoms with van der Waals surface area (Å²) in [5.74, 6) is 1.41. The van der Waals surface area contributed by atoms with E-state index in [0.29, 0.717) is 30.2 Å². The number of halogens is 1. The van der Waals surface area contributed by atoms with Crippen molar-refractivity contribution < 1.29 is 14.6 Å². The number of fused-ring (bicyclic) bond motifs is 1. The summed E-state index contributed by atoms with van der Waals surface area (Å²) in [4.78, 5) is 15.7. The largest absolute Gasteiger partial charge is 0.496 e. The second-order valence-electron chi connectivity index (χ2n) is 6.69. The molecule has 1 aromatic carbocycles. The van der Waals surface area contributed by atoms with Gasteiger partial charge in [0.05, 0.1) is 44.1 Å². The second kappa shape index (κ2) is 7.87. The van der Waals surface area contributed by atoms with Crippen LogP contribution in [0.1, 0.15) is 12.5 Å². The summed E-state index contributed by atoms with van der Waals surface area (Å²) in [5, 5.41) is 10.6. The van der Waals surface area contributed by atoms with E-state index in [2.05, 4.69) is 21.8 Å². The van der Waals surface area contributed by atoms with Gasteiger partial charge in [-0.25, -0.2) is 4.98 Å². The first kappa shape index (κ1) is 18.9. The highest BCUT2D eigenvalue weighted by Crippen LogP contribution is 2.31. The van der Waals surface area contributed by atoms with Crippen LogP contribution < -0.4 is 9.64 Å². The van der Waals surface area contributed by atoms with E-state index in [0.717, 1.165) is 29.0 Å². The third-order valence-electron chi connectivity index (χ3n) is 4.90. The lowest BCUT2D eigenvalue weighted by molar-refractivity contribution is 0.0987. The molecule has 1 N–H and O–H groups in total. The topological polar surface area (TPSA) is 80.6 Å². The number of anilines is 1. The Morgan fingerprint density at radius 2 is 2.11 bits per heavy atom. The molecular formula is C20H21ClN4O3. The highest BCUT2D eigenvalue weighted by Gasteiger charge is 2.23. The highest BCUT2D eigenvalue weighted by atomic mass is 35.5. The molecule has 28 heavy (non-hydrogen) atoms. The maximum Gasteiger partial charge on any atom is 0.226 e. The Labute approximate surface area is 167 Å². The van der Waals surface area contributed by atoms with Crippen LogP contribution in [0.2, 0.25) is 5.28 Å². The van der Waals surface area contributed by atoms with Gasteiger partial charge < -0.3 is 19.5 Å². The molecule has 3 heterocycles. The number of aliphatic hydroxyl groups is 1. The molecular weight excluding hydrogens is 380 g/mol. The number of nitrogens with zero attached hydrogens (tertiary/aromatic N) is 4. The van der Waals surface area contributed by atoms with Crippen molar-refractivity contribution in [1.82, 2.24) is 15.0 Å². The van der Waals surface area contributed by atoms with Gasteiger partial charge in [0.15, 0.2) is 5.65 Å². The van der Waals surface area contributed by atoms with Crippen LogP contribution in [0, 0.1) is 0 Å². The smallest absolute Gasteiger partial charge is 0.226 e. The Bertz CT molecular complexity index is 1010. The predicted octanol–water partition coefficient (Wildman–Crippen LogP) is 3.07. The summed E-state index contributed by atoms with van der Waals surface area (Å²) in [6.45, 7) is 4.01. The van der Waals surface area contributed by atoms with Crippen molar-refractivity contribution in [2.75, 3.05) is 31.8 Å². The van der Waals surface area contributed by atoms with Gasteiger partial charge in [-0.3, -0.25) is 0 Å². The van der Waals surface area contributed by atoms with E-state index in [1.54, 1.807) is 7.11 Å². The Morgan fingerprint density at radius 3 is 2.86 bits per heavy atom. The van der Waals surface area contributed by atoms with Crippen LogP contribution in [0.3, 0.4) is 0 Å². The summed E-state index contributed by atoms with van der Waals surface area (Å²) in [6, 6.07) is 9.67. The lowest BCUT2D eigenvalue weighted by Crippen LogP contribution is -2.44. The summed E-state index contributed by atoms with van der Waals surface area (Å²) < 4.78 is 10.8. The molecule has 0 amide bonds. The minimum atomic E-state index is -0.113. The van der Waals surface area contributed by atoms with E-state index >= 15 is 0 Å². The number of morpholine rings is 1. The molecule has 0 aliphatic carbocycles. The molecule has 1 fully saturated rings. The van der Waals surface area contributed by atoms with Crippen LogP contribution >= 0.6 is 11.6 Å². The van der Waals surface area contributed by atoms with Crippen LogP contribution in [0.15, 0.2) is 30.3 Å². The standard InChI is InChI=1S/C20H21ClN4O3/c1-12-11-28-8-7-25(12)19-15-4-5-16(22-18(15)23-20(21)24-19)13-3-6-17(27-2)14(9-13)10-26/h3-6,9,12,26H,7-8,10-11H2,1-2H3. The van der Waals surface area contributed by atoms with Gasteiger partial charge in [0, 0.05) is 17.7 Å². The van der Waals surface area contributed by atoms with Crippen LogP contribution in [0.4, 0.5) is 5.82 Å². The van der Waals surface area contributed by atoms with Crippen molar-refractivity contribution in [2.24, 2.45) is 0 Å². The molecule has 0 bridgehead atoms. The number of benzene rings is 1. The monoisotopic (exact) mass is 400 g/mol. The van der Waals surface area contributed by atoms with Gasteiger partial charge in [-0.2, -0.15) is 9.97 Å². The lowest BCUT2D eigenvalue weighted by Gasteiger charge is -2.34. The zero-order valence-corrected chi connectivity index (χ0v) is 16.5. The first-order chi connectivity index (χ1) is 13.6. The maximum absolute atomic E-state index is 9.58. The van der Waals surface area contributed by atoms with Crippen molar-refractivity contribution in [3.63, 3.8) is 0 Å². The Morgan fingerprint density at radius 1 is 1.25 bits per heavy atom. The van der Waals surface area contributed by atoms with Gasteiger partial charge in [-0.05, 0) is 48.9 Å². The maximum atomic E-state index is 9.58. The van der Waals surface area contributed by atoms with Crippen LogP contribution in [-0.4, -0.2) is 53.0 Å². The zero-order valence-electron chi connectivity index (χ0n) is 15.7. The number of pyridine rings is 1. The normalized spacial score (nSPS) is 17.1. The van der Waals surface area contributed by atoms with Gasteiger partial charge >= 0.3 is 0 Å². The number of ether oxygens (including phenoxy) is 2. The third-order valence-corrected chi connectivity index (χ3v) is 5.07. The Kier molecular flexibility index (Phi) is 5.30.